The molecule has 9 heavy (non-hydrogen) atoms. The van der Waals surface area contributed by atoms with Gasteiger partial charge in [-0.05, 0) is 0 Å². The van der Waals surface area contributed by atoms with Gasteiger partial charge in [0, 0.05) is 6.54 Å². The van der Waals surface area contributed by atoms with Crippen LogP contribution in [0.2, 0.25) is 0 Å². The molecule has 4 N–H and O–H groups in total. The summed E-state index contributed by atoms with van der Waals surface area (Å²) < 4.78 is 31.6. The van der Waals surface area contributed by atoms with E-state index < -0.39 is 10.4 Å². The molecule has 0 aromatic carbocycles. The second-order valence-corrected chi connectivity index (χ2v) is 1.87. The Kier molecular flexibility index (Phi) is 7.21. The Morgan fingerprint density at radius 2 is 1.67 bits per heavy atom. The zero-order valence-electron chi connectivity index (χ0n) is 4.69. The zero-order valence-corrected chi connectivity index (χ0v) is 5.50. The first-order valence-corrected chi connectivity index (χ1v) is 3.32. The van der Waals surface area contributed by atoms with Crippen molar-refractivity contribution in [2.75, 3.05) is 6.54 Å². The van der Waals surface area contributed by atoms with E-state index in [9.17, 15) is 0 Å². The summed E-state index contributed by atoms with van der Waals surface area (Å²) in [5.74, 6) is 0. The van der Waals surface area contributed by atoms with Crippen LogP contribution >= 0.6 is 0 Å². The Labute approximate surface area is 53.8 Å². The van der Waals surface area contributed by atoms with Crippen molar-refractivity contribution in [1.29, 1.82) is 0 Å². The highest BCUT2D eigenvalue weighted by Gasteiger charge is 1.84. The Balaban J connectivity index is 0. The first-order valence-electron chi connectivity index (χ1n) is 1.92. The molecule has 0 saturated heterocycles. The minimum absolute atomic E-state index is 0.583. The van der Waals surface area contributed by atoms with Crippen LogP contribution in [0.4, 0.5) is 0 Å². The summed E-state index contributed by atoms with van der Waals surface area (Å²) in [5.41, 5.74) is 4.91. The Hall–Kier alpha value is -0.430. The van der Waals surface area contributed by atoms with E-state index in [4.69, 9.17) is 23.3 Å². The van der Waals surface area contributed by atoms with E-state index in [1.54, 1.807) is 6.08 Å². The average Bonchev–Trinajstić information content (AvgIpc) is 1.61. The van der Waals surface area contributed by atoms with Crippen molar-refractivity contribution in [3.05, 3.63) is 12.7 Å². The first kappa shape index (κ1) is 11.4. The van der Waals surface area contributed by atoms with Gasteiger partial charge in [0.15, 0.2) is 0 Å². The van der Waals surface area contributed by atoms with Gasteiger partial charge in [-0.15, -0.1) is 6.58 Å². The molecule has 0 aliphatic carbocycles. The summed E-state index contributed by atoms with van der Waals surface area (Å²) in [6, 6.07) is 0. The molecular weight excluding hydrogens is 146 g/mol. The van der Waals surface area contributed by atoms with Gasteiger partial charge in [-0.2, -0.15) is 8.42 Å². The third kappa shape index (κ3) is 723. The van der Waals surface area contributed by atoms with E-state index in [1.165, 1.54) is 0 Å². The van der Waals surface area contributed by atoms with Gasteiger partial charge in [0.1, 0.15) is 0 Å². The van der Waals surface area contributed by atoms with E-state index in [0.717, 1.165) is 0 Å². The summed E-state index contributed by atoms with van der Waals surface area (Å²) in [4.78, 5) is 0. The van der Waals surface area contributed by atoms with Gasteiger partial charge in [-0.1, -0.05) is 6.08 Å². The molecule has 0 aromatic rings. The molecule has 0 fully saturated rings. The number of nitrogens with two attached hydrogens (primary N) is 1. The highest BCUT2D eigenvalue weighted by atomic mass is 32.3. The molecule has 5 nitrogen and oxygen atoms in total. The molecule has 0 saturated carbocycles. The lowest BCUT2D eigenvalue weighted by molar-refractivity contribution is 0.381. The molecule has 0 bridgehead atoms. The predicted octanol–water partition coefficient (Wildman–Crippen LogP) is -0.522. The van der Waals surface area contributed by atoms with Gasteiger partial charge < -0.3 is 5.73 Å². The summed E-state index contributed by atoms with van der Waals surface area (Å²) >= 11 is 0. The van der Waals surface area contributed by atoms with Crippen molar-refractivity contribution in [3.8, 4) is 0 Å². The van der Waals surface area contributed by atoms with Crippen LogP contribution in [0.5, 0.6) is 0 Å². The van der Waals surface area contributed by atoms with Crippen LogP contribution < -0.4 is 5.73 Å². The fourth-order valence-electron chi connectivity index (χ4n) is 0. The fraction of sp³-hybridized carbons (Fsp3) is 0.333. The summed E-state index contributed by atoms with van der Waals surface area (Å²) in [5, 5.41) is 0. The topological polar surface area (TPSA) is 101 Å². The predicted molar refractivity (Wildman–Crippen MR) is 33.4 cm³/mol. The lowest BCUT2D eigenvalue weighted by Gasteiger charge is -1.68. The smallest absolute Gasteiger partial charge is 0.327 e. The van der Waals surface area contributed by atoms with Gasteiger partial charge >= 0.3 is 10.4 Å². The molecule has 0 spiro atoms. The molecule has 56 valence electrons. The minimum atomic E-state index is -4.67. The summed E-state index contributed by atoms with van der Waals surface area (Å²) in [6.45, 7) is 3.94. The zero-order chi connectivity index (χ0) is 7.91. The van der Waals surface area contributed by atoms with Crippen LogP contribution in [0.1, 0.15) is 0 Å². The number of hydrogen-bond acceptors (Lipinski definition) is 3. The Morgan fingerprint density at radius 1 is 1.56 bits per heavy atom. The molecule has 0 aromatic heterocycles. The van der Waals surface area contributed by atoms with Crippen molar-refractivity contribution >= 4 is 10.4 Å². The van der Waals surface area contributed by atoms with Crippen molar-refractivity contribution in [2.45, 2.75) is 0 Å². The minimum Gasteiger partial charge on any atom is -0.327 e. The Morgan fingerprint density at radius 3 is 1.67 bits per heavy atom. The molecule has 6 heteroatoms. The highest BCUT2D eigenvalue weighted by Crippen LogP contribution is 1.59. The molecule has 0 atom stereocenters. The molecule has 0 unspecified atom stereocenters. The first-order chi connectivity index (χ1) is 3.91. The van der Waals surface area contributed by atoms with E-state index in [-0.39, 0.29) is 0 Å². The van der Waals surface area contributed by atoms with E-state index in [1.807, 2.05) is 0 Å². The third-order valence-electron chi connectivity index (χ3n) is 0.167. The van der Waals surface area contributed by atoms with Crippen molar-refractivity contribution < 1.29 is 17.5 Å². The molecule has 0 heterocycles. The van der Waals surface area contributed by atoms with Crippen LogP contribution in [-0.4, -0.2) is 24.1 Å². The van der Waals surface area contributed by atoms with Gasteiger partial charge in [-0.3, -0.25) is 9.11 Å². The van der Waals surface area contributed by atoms with E-state index in [2.05, 4.69) is 6.58 Å². The van der Waals surface area contributed by atoms with Crippen molar-refractivity contribution in [3.63, 3.8) is 0 Å². The van der Waals surface area contributed by atoms with Crippen molar-refractivity contribution in [2.24, 2.45) is 5.73 Å². The van der Waals surface area contributed by atoms with Crippen LogP contribution in [0.25, 0.3) is 0 Å². The summed E-state index contributed by atoms with van der Waals surface area (Å²) in [7, 11) is -4.67. The maximum atomic E-state index is 8.74. The molecule has 0 aliphatic heterocycles. The fourth-order valence-corrected chi connectivity index (χ4v) is 0. The second-order valence-electron chi connectivity index (χ2n) is 0.972. The maximum absolute atomic E-state index is 8.74. The quantitative estimate of drug-likeness (QED) is 0.349. The van der Waals surface area contributed by atoms with Gasteiger partial charge in [0.2, 0.25) is 0 Å². The monoisotopic (exact) mass is 155 g/mol. The molecule has 0 aliphatic rings. The van der Waals surface area contributed by atoms with Crippen molar-refractivity contribution in [1.82, 2.24) is 0 Å². The lowest BCUT2D eigenvalue weighted by atomic mass is 10.7. The highest BCUT2D eigenvalue weighted by molar-refractivity contribution is 7.79. The van der Waals surface area contributed by atoms with Crippen LogP contribution in [0, 0.1) is 0 Å². The van der Waals surface area contributed by atoms with Crippen LogP contribution in [0.15, 0.2) is 12.7 Å². The van der Waals surface area contributed by atoms with E-state index >= 15 is 0 Å². The molecule has 0 amide bonds. The van der Waals surface area contributed by atoms with Gasteiger partial charge in [-0.25, -0.2) is 0 Å². The second kappa shape index (κ2) is 5.70. The molecule has 0 rings (SSSR count). The number of hydrogen-bond donors (Lipinski definition) is 3. The van der Waals surface area contributed by atoms with Crippen LogP contribution in [-0.2, 0) is 10.4 Å². The number of rotatable bonds is 1. The Bertz CT molecular complexity index is 141. The maximum Gasteiger partial charge on any atom is 0.394 e. The standard InChI is InChI=1S/C3H7N.H2O4S/c1-2-3-4;1-5(2,3)4/h2H,1,3-4H2;(H2,1,2,3,4). The normalized spacial score (nSPS) is 9.22. The van der Waals surface area contributed by atoms with Gasteiger partial charge in [0.05, 0.1) is 0 Å². The average molecular weight is 155 g/mol. The van der Waals surface area contributed by atoms with E-state index in [0.29, 0.717) is 6.54 Å². The largest absolute Gasteiger partial charge is 0.394 e. The molecule has 0 radical (unpaired) electrons. The third-order valence-corrected chi connectivity index (χ3v) is 0.167. The SMILES string of the molecule is C=CCN.O=S(=O)(O)O. The lowest BCUT2D eigenvalue weighted by Crippen LogP contribution is -1.90. The van der Waals surface area contributed by atoms with Crippen LogP contribution in [0.3, 0.4) is 0 Å². The summed E-state index contributed by atoms with van der Waals surface area (Å²) in [6.07, 6.45) is 1.65. The molecular formula is C3H9NO4S. The van der Waals surface area contributed by atoms with Gasteiger partial charge in [0.25, 0.3) is 0 Å².